The lowest BCUT2D eigenvalue weighted by molar-refractivity contribution is 0.248. The summed E-state index contributed by atoms with van der Waals surface area (Å²) >= 11 is 0. The zero-order valence-corrected chi connectivity index (χ0v) is 11.5. The Labute approximate surface area is 113 Å². The summed E-state index contributed by atoms with van der Waals surface area (Å²) in [4.78, 5) is 11.8. The van der Waals surface area contributed by atoms with Gasteiger partial charge in [-0.3, -0.25) is 0 Å². The number of urea groups is 1. The van der Waals surface area contributed by atoms with Crippen molar-refractivity contribution in [3.05, 3.63) is 23.8 Å². The lowest BCUT2D eigenvalue weighted by Gasteiger charge is -2.15. The topological polar surface area (TPSA) is 74.2 Å². The first-order chi connectivity index (χ1) is 9.10. The Bertz CT molecular complexity index is 480. The van der Waals surface area contributed by atoms with Crippen molar-refractivity contribution in [2.75, 3.05) is 12.4 Å². The zero-order chi connectivity index (χ0) is 14.3. The molecule has 1 aromatic carbocycles. The first kappa shape index (κ1) is 14.8. The summed E-state index contributed by atoms with van der Waals surface area (Å²) in [5.74, 6) is 0.685. The molecule has 5 nitrogen and oxygen atoms in total. The molecule has 0 fully saturated rings. The van der Waals surface area contributed by atoms with E-state index in [2.05, 4.69) is 16.7 Å². The molecule has 2 N–H and O–H groups in total. The number of hydrogen-bond donors (Lipinski definition) is 2. The maximum Gasteiger partial charge on any atom is 0.319 e. The highest BCUT2D eigenvalue weighted by Crippen LogP contribution is 2.21. The van der Waals surface area contributed by atoms with E-state index in [1.807, 2.05) is 26.0 Å². The van der Waals surface area contributed by atoms with Crippen molar-refractivity contribution in [1.82, 2.24) is 5.32 Å². The van der Waals surface area contributed by atoms with Crippen molar-refractivity contribution < 1.29 is 9.53 Å². The van der Waals surface area contributed by atoms with E-state index in [0.29, 0.717) is 17.9 Å². The molecule has 0 aliphatic rings. The molecule has 0 aliphatic carbocycles. The Balaban J connectivity index is 2.68. The van der Waals surface area contributed by atoms with Crippen LogP contribution in [0.5, 0.6) is 5.75 Å². The number of hydrogen-bond acceptors (Lipinski definition) is 3. The predicted molar refractivity (Wildman–Crippen MR) is 74.2 cm³/mol. The average Bonchev–Trinajstić information content (AvgIpc) is 2.40. The van der Waals surface area contributed by atoms with Crippen molar-refractivity contribution in [2.24, 2.45) is 0 Å². The average molecular weight is 261 g/mol. The minimum Gasteiger partial charge on any atom is -0.497 e. The van der Waals surface area contributed by atoms with Crippen LogP contribution in [0.2, 0.25) is 0 Å². The van der Waals surface area contributed by atoms with Gasteiger partial charge in [-0.2, -0.15) is 5.26 Å². The van der Waals surface area contributed by atoms with Crippen LogP contribution in [0.1, 0.15) is 25.3 Å². The molecule has 1 rings (SSSR count). The predicted octanol–water partition coefficient (Wildman–Crippen LogP) is 2.82. The quantitative estimate of drug-likeness (QED) is 0.855. The molecular weight excluding hydrogens is 242 g/mol. The van der Waals surface area contributed by atoms with Crippen LogP contribution in [-0.2, 0) is 0 Å². The molecule has 0 heterocycles. The second-order valence-corrected chi connectivity index (χ2v) is 4.25. The Hall–Kier alpha value is -2.22. The number of nitriles is 1. The van der Waals surface area contributed by atoms with Gasteiger partial charge in [0.15, 0.2) is 0 Å². The van der Waals surface area contributed by atoms with Crippen LogP contribution in [0.15, 0.2) is 18.2 Å². The third-order valence-electron chi connectivity index (χ3n) is 2.86. The number of ether oxygens (including phenoxy) is 1. The lowest BCUT2D eigenvalue weighted by atomic mass is 10.1. The second-order valence-electron chi connectivity index (χ2n) is 4.25. The number of carbonyl (C=O) groups is 1. The van der Waals surface area contributed by atoms with Gasteiger partial charge in [-0.05, 0) is 25.0 Å². The number of aryl methyl sites for hydroxylation is 1. The van der Waals surface area contributed by atoms with Crippen molar-refractivity contribution in [3.8, 4) is 11.8 Å². The Morgan fingerprint density at radius 1 is 1.53 bits per heavy atom. The summed E-state index contributed by atoms with van der Waals surface area (Å²) in [5, 5.41) is 14.2. The smallest absolute Gasteiger partial charge is 0.319 e. The van der Waals surface area contributed by atoms with Gasteiger partial charge >= 0.3 is 6.03 Å². The summed E-state index contributed by atoms with van der Waals surface area (Å²) in [5.41, 5.74) is 1.65. The fourth-order valence-corrected chi connectivity index (χ4v) is 1.61. The maximum absolute atomic E-state index is 11.8. The highest BCUT2D eigenvalue weighted by atomic mass is 16.5. The maximum atomic E-state index is 11.8. The van der Waals surface area contributed by atoms with Gasteiger partial charge in [-0.15, -0.1) is 0 Å². The minimum absolute atomic E-state index is 0.129. The molecule has 102 valence electrons. The molecule has 19 heavy (non-hydrogen) atoms. The molecule has 1 atom stereocenters. The molecular formula is C14H19N3O2. The van der Waals surface area contributed by atoms with Gasteiger partial charge < -0.3 is 15.4 Å². The number of carbonyl (C=O) groups excluding carboxylic acids is 1. The van der Waals surface area contributed by atoms with Crippen LogP contribution in [0.3, 0.4) is 0 Å². The fraction of sp³-hybridized carbons (Fsp3) is 0.429. The molecule has 0 bridgehead atoms. The van der Waals surface area contributed by atoms with E-state index in [4.69, 9.17) is 10.00 Å². The van der Waals surface area contributed by atoms with E-state index in [-0.39, 0.29) is 12.1 Å². The molecule has 5 heteroatoms. The van der Waals surface area contributed by atoms with Gasteiger partial charge in [0.05, 0.1) is 19.6 Å². The summed E-state index contributed by atoms with van der Waals surface area (Å²) in [6.07, 6.45) is 1.03. The summed E-state index contributed by atoms with van der Waals surface area (Å²) in [7, 11) is 1.58. The van der Waals surface area contributed by atoms with Crippen LogP contribution in [-0.4, -0.2) is 19.2 Å². The van der Waals surface area contributed by atoms with Crippen LogP contribution in [0.4, 0.5) is 10.5 Å². The molecule has 0 saturated heterocycles. The van der Waals surface area contributed by atoms with E-state index in [9.17, 15) is 4.79 Å². The van der Waals surface area contributed by atoms with Gasteiger partial charge in [-0.25, -0.2) is 4.79 Å². The molecule has 2 amide bonds. The lowest BCUT2D eigenvalue weighted by Crippen LogP contribution is -2.37. The largest absolute Gasteiger partial charge is 0.497 e. The summed E-state index contributed by atoms with van der Waals surface area (Å²) in [6.45, 7) is 3.83. The van der Waals surface area contributed by atoms with E-state index < -0.39 is 0 Å². The van der Waals surface area contributed by atoms with Crippen LogP contribution >= 0.6 is 0 Å². The Kier molecular flexibility index (Phi) is 5.68. The van der Waals surface area contributed by atoms with Crippen molar-refractivity contribution in [2.45, 2.75) is 32.7 Å². The van der Waals surface area contributed by atoms with E-state index in [0.717, 1.165) is 12.0 Å². The highest BCUT2D eigenvalue weighted by molar-refractivity contribution is 5.90. The van der Waals surface area contributed by atoms with Gasteiger partial charge in [0, 0.05) is 17.8 Å². The third kappa shape index (κ3) is 4.51. The molecule has 0 aromatic heterocycles. The van der Waals surface area contributed by atoms with Gasteiger partial charge in [0.2, 0.25) is 0 Å². The second kappa shape index (κ2) is 7.27. The first-order valence-corrected chi connectivity index (χ1v) is 6.19. The highest BCUT2D eigenvalue weighted by Gasteiger charge is 2.11. The summed E-state index contributed by atoms with van der Waals surface area (Å²) in [6, 6.07) is 7.10. The number of nitrogens with zero attached hydrogens (tertiary/aromatic N) is 1. The van der Waals surface area contributed by atoms with Gasteiger partial charge in [-0.1, -0.05) is 13.0 Å². The molecule has 1 aromatic rings. The molecule has 0 radical (unpaired) electrons. The fourth-order valence-electron chi connectivity index (χ4n) is 1.61. The summed E-state index contributed by atoms with van der Waals surface area (Å²) < 4.78 is 5.12. The number of nitrogens with one attached hydrogen (secondary N) is 2. The number of rotatable bonds is 5. The molecule has 0 saturated carbocycles. The number of amides is 2. The SMILES string of the molecule is CC[C@H](CC#N)NC(=O)Nc1cc(OC)ccc1C. The van der Waals surface area contributed by atoms with E-state index >= 15 is 0 Å². The van der Waals surface area contributed by atoms with Crippen LogP contribution in [0, 0.1) is 18.3 Å². The van der Waals surface area contributed by atoms with E-state index in [1.54, 1.807) is 13.2 Å². The number of benzene rings is 1. The third-order valence-corrected chi connectivity index (χ3v) is 2.86. The van der Waals surface area contributed by atoms with Crippen molar-refractivity contribution in [3.63, 3.8) is 0 Å². The van der Waals surface area contributed by atoms with Gasteiger partial charge in [0.1, 0.15) is 5.75 Å². The van der Waals surface area contributed by atoms with E-state index in [1.165, 1.54) is 0 Å². The monoisotopic (exact) mass is 261 g/mol. The normalized spacial score (nSPS) is 11.3. The first-order valence-electron chi connectivity index (χ1n) is 6.19. The molecule has 0 aliphatic heterocycles. The zero-order valence-electron chi connectivity index (χ0n) is 11.5. The van der Waals surface area contributed by atoms with Crippen molar-refractivity contribution >= 4 is 11.7 Å². The minimum atomic E-state index is -0.307. The van der Waals surface area contributed by atoms with Crippen molar-refractivity contribution in [1.29, 1.82) is 5.26 Å². The Morgan fingerprint density at radius 2 is 2.26 bits per heavy atom. The van der Waals surface area contributed by atoms with Crippen LogP contribution < -0.4 is 15.4 Å². The van der Waals surface area contributed by atoms with Crippen LogP contribution in [0.25, 0.3) is 0 Å². The number of anilines is 1. The van der Waals surface area contributed by atoms with Gasteiger partial charge in [0.25, 0.3) is 0 Å². The molecule has 0 spiro atoms. The molecule has 0 unspecified atom stereocenters. The number of methoxy groups -OCH3 is 1. The Morgan fingerprint density at radius 3 is 2.84 bits per heavy atom. The standard InChI is InChI=1S/C14H19N3O2/c1-4-11(7-8-15)16-14(18)17-13-9-12(19-3)6-5-10(13)2/h5-6,9,11H,4,7H2,1-3H3,(H2,16,17,18)/t11-/m1/s1.